The molecule has 142 valence electrons. The Morgan fingerprint density at radius 1 is 1.16 bits per heavy atom. The molecule has 0 aromatic heterocycles. The zero-order valence-electron chi connectivity index (χ0n) is 15.6. The van der Waals surface area contributed by atoms with E-state index in [9.17, 15) is 19.5 Å². The van der Waals surface area contributed by atoms with Gasteiger partial charge in [-0.3, -0.25) is 9.59 Å². The lowest BCUT2D eigenvalue weighted by Crippen LogP contribution is -2.59. The first kappa shape index (κ1) is 19.7. The summed E-state index contributed by atoms with van der Waals surface area (Å²) in [4.78, 5) is 38.5. The molecule has 1 unspecified atom stereocenters. The number of nitrogens with one attached hydrogen (secondary N) is 1. The smallest absolute Gasteiger partial charge is 0.329 e. The molecular weight excluding hydrogens is 320 g/mol. The number of likely N-dealkylation sites (tertiary alicyclic amines) is 1. The summed E-state index contributed by atoms with van der Waals surface area (Å²) in [5.41, 5.74) is -1.13. The number of hydrogen-bond donors (Lipinski definition) is 2. The van der Waals surface area contributed by atoms with Crippen LogP contribution in [0.5, 0.6) is 0 Å². The number of carboxylic acid groups (broad SMARTS) is 1. The summed E-state index contributed by atoms with van der Waals surface area (Å²) in [5.74, 6) is -0.774. The van der Waals surface area contributed by atoms with E-state index in [1.54, 1.807) is 4.90 Å². The highest BCUT2D eigenvalue weighted by Crippen LogP contribution is 2.34. The number of piperidine rings is 1. The predicted molar refractivity (Wildman–Crippen MR) is 95.0 cm³/mol. The summed E-state index contributed by atoms with van der Waals surface area (Å²) in [6.45, 7) is 5.21. The van der Waals surface area contributed by atoms with Crippen LogP contribution in [0.3, 0.4) is 0 Å². The minimum absolute atomic E-state index is 0.0939. The molecule has 0 bridgehead atoms. The number of rotatable bonds is 6. The molecule has 6 heteroatoms. The molecule has 0 aromatic rings. The molecule has 1 atom stereocenters. The molecule has 2 fully saturated rings. The summed E-state index contributed by atoms with van der Waals surface area (Å²) >= 11 is 0. The minimum Gasteiger partial charge on any atom is -0.480 e. The third-order valence-corrected chi connectivity index (χ3v) is 5.92. The number of nitrogens with zero attached hydrogens (tertiary/aromatic N) is 1. The fourth-order valence-corrected chi connectivity index (χ4v) is 4.10. The van der Waals surface area contributed by atoms with Crippen molar-refractivity contribution >= 4 is 17.8 Å². The molecule has 1 saturated carbocycles. The van der Waals surface area contributed by atoms with Crippen molar-refractivity contribution in [2.75, 3.05) is 13.1 Å². The summed E-state index contributed by atoms with van der Waals surface area (Å²) < 4.78 is 0. The molecule has 0 spiro atoms. The van der Waals surface area contributed by atoms with Crippen molar-refractivity contribution in [1.82, 2.24) is 10.2 Å². The quantitative estimate of drug-likeness (QED) is 0.769. The van der Waals surface area contributed by atoms with E-state index in [-0.39, 0.29) is 17.7 Å². The standard InChI is InChI=1S/C19H32N2O4/c1-3-6-16(22)21-12-5-7-15(13-21)17(23)20-19(18(24)25)10-8-14(4-2)9-11-19/h14-15H,3-13H2,1-2H3,(H,20,23)(H,24,25). The maximum atomic E-state index is 12.7. The monoisotopic (exact) mass is 352 g/mol. The highest BCUT2D eigenvalue weighted by Gasteiger charge is 2.44. The average molecular weight is 352 g/mol. The van der Waals surface area contributed by atoms with Crippen molar-refractivity contribution in [1.29, 1.82) is 0 Å². The molecule has 0 aromatic carbocycles. The third-order valence-electron chi connectivity index (χ3n) is 5.92. The molecule has 1 saturated heterocycles. The first-order chi connectivity index (χ1) is 11.9. The Morgan fingerprint density at radius 2 is 1.84 bits per heavy atom. The van der Waals surface area contributed by atoms with Gasteiger partial charge in [-0.05, 0) is 50.9 Å². The first-order valence-electron chi connectivity index (χ1n) is 9.75. The fourth-order valence-electron chi connectivity index (χ4n) is 4.10. The lowest BCUT2D eigenvalue weighted by Gasteiger charge is -2.39. The Kier molecular flexibility index (Phi) is 6.85. The summed E-state index contributed by atoms with van der Waals surface area (Å²) in [6, 6.07) is 0. The van der Waals surface area contributed by atoms with E-state index >= 15 is 0 Å². The molecule has 0 radical (unpaired) electrons. The first-order valence-corrected chi connectivity index (χ1v) is 9.75. The number of hydrogen-bond acceptors (Lipinski definition) is 3. The van der Waals surface area contributed by atoms with Crippen LogP contribution in [0.25, 0.3) is 0 Å². The number of aliphatic carboxylic acids is 1. The van der Waals surface area contributed by atoms with Gasteiger partial charge >= 0.3 is 5.97 Å². The number of carboxylic acids is 1. The molecule has 1 aliphatic heterocycles. The Hall–Kier alpha value is -1.59. The molecular formula is C19H32N2O4. The van der Waals surface area contributed by atoms with E-state index < -0.39 is 11.5 Å². The van der Waals surface area contributed by atoms with Gasteiger partial charge in [0.25, 0.3) is 0 Å². The molecule has 2 amide bonds. The van der Waals surface area contributed by atoms with E-state index in [2.05, 4.69) is 12.2 Å². The molecule has 2 N–H and O–H groups in total. The van der Waals surface area contributed by atoms with Gasteiger partial charge in [-0.25, -0.2) is 4.79 Å². The topological polar surface area (TPSA) is 86.7 Å². The van der Waals surface area contributed by atoms with Gasteiger partial charge < -0.3 is 15.3 Å². The van der Waals surface area contributed by atoms with E-state index in [1.165, 1.54) is 0 Å². The second-order valence-corrected chi connectivity index (χ2v) is 7.66. The highest BCUT2D eigenvalue weighted by molar-refractivity contribution is 5.88. The number of carbonyl (C=O) groups is 3. The Balaban J connectivity index is 1.99. The van der Waals surface area contributed by atoms with Crippen LogP contribution in [-0.2, 0) is 14.4 Å². The average Bonchev–Trinajstić information content (AvgIpc) is 2.62. The molecule has 2 rings (SSSR count). The summed E-state index contributed by atoms with van der Waals surface area (Å²) in [6.07, 6.45) is 6.55. The van der Waals surface area contributed by atoms with Crippen molar-refractivity contribution in [3.05, 3.63) is 0 Å². The van der Waals surface area contributed by atoms with Gasteiger partial charge in [0, 0.05) is 19.5 Å². The minimum atomic E-state index is -1.13. The molecule has 1 heterocycles. The predicted octanol–water partition coefficient (Wildman–Crippen LogP) is 2.56. The SMILES string of the molecule is CCCC(=O)N1CCCC(C(=O)NC2(C(=O)O)CCC(CC)CC2)C1. The van der Waals surface area contributed by atoms with Crippen molar-refractivity contribution in [2.45, 2.75) is 77.2 Å². The van der Waals surface area contributed by atoms with Gasteiger partial charge in [-0.15, -0.1) is 0 Å². The van der Waals surface area contributed by atoms with Crippen LogP contribution < -0.4 is 5.32 Å². The van der Waals surface area contributed by atoms with E-state index in [1.807, 2.05) is 6.92 Å². The summed E-state index contributed by atoms with van der Waals surface area (Å²) in [7, 11) is 0. The Bertz CT molecular complexity index is 498. The van der Waals surface area contributed by atoms with Crippen LogP contribution in [0.2, 0.25) is 0 Å². The summed E-state index contributed by atoms with van der Waals surface area (Å²) in [5, 5.41) is 12.6. The van der Waals surface area contributed by atoms with E-state index in [0.717, 1.165) is 38.5 Å². The van der Waals surface area contributed by atoms with Crippen molar-refractivity contribution in [2.24, 2.45) is 11.8 Å². The van der Waals surface area contributed by atoms with E-state index in [0.29, 0.717) is 38.3 Å². The van der Waals surface area contributed by atoms with Crippen LogP contribution >= 0.6 is 0 Å². The van der Waals surface area contributed by atoms with Crippen molar-refractivity contribution < 1.29 is 19.5 Å². The Labute approximate surface area is 150 Å². The lowest BCUT2D eigenvalue weighted by molar-refractivity contribution is -0.151. The van der Waals surface area contributed by atoms with Gasteiger partial charge in [0.15, 0.2) is 0 Å². The van der Waals surface area contributed by atoms with Crippen molar-refractivity contribution in [3.63, 3.8) is 0 Å². The van der Waals surface area contributed by atoms with Gasteiger partial charge in [-0.1, -0.05) is 20.3 Å². The highest BCUT2D eigenvalue weighted by atomic mass is 16.4. The molecule has 6 nitrogen and oxygen atoms in total. The van der Waals surface area contributed by atoms with Gasteiger partial charge in [0.1, 0.15) is 5.54 Å². The fraction of sp³-hybridized carbons (Fsp3) is 0.842. The van der Waals surface area contributed by atoms with Crippen LogP contribution in [-0.4, -0.2) is 46.4 Å². The normalized spacial score (nSPS) is 29.9. The molecule has 25 heavy (non-hydrogen) atoms. The van der Waals surface area contributed by atoms with Crippen LogP contribution in [0.4, 0.5) is 0 Å². The zero-order chi connectivity index (χ0) is 18.4. The molecule has 2 aliphatic rings. The van der Waals surface area contributed by atoms with E-state index in [4.69, 9.17) is 0 Å². The third kappa shape index (κ3) is 4.73. The number of carbonyl (C=O) groups excluding carboxylic acids is 2. The largest absolute Gasteiger partial charge is 0.480 e. The second kappa shape index (κ2) is 8.68. The molecule has 1 aliphatic carbocycles. The zero-order valence-corrected chi connectivity index (χ0v) is 15.6. The van der Waals surface area contributed by atoms with Crippen LogP contribution in [0.15, 0.2) is 0 Å². The van der Waals surface area contributed by atoms with Crippen LogP contribution in [0, 0.1) is 11.8 Å². The van der Waals surface area contributed by atoms with Gasteiger partial charge in [-0.2, -0.15) is 0 Å². The van der Waals surface area contributed by atoms with Crippen molar-refractivity contribution in [3.8, 4) is 0 Å². The maximum absolute atomic E-state index is 12.7. The lowest BCUT2D eigenvalue weighted by atomic mass is 9.75. The number of amides is 2. The second-order valence-electron chi connectivity index (χ2n) is 7.66. The maximum Gasteiger partial charge on any atom is 0.329 e. The Morgan fingerprint density at radius 3 is 2.40 bits per heavy atom. The van der Waals surface area contributed by atoms with Crippen LogP contribution in [0.1, 0.15) is 71.6 Å². The van der Waals surface area contributed by atoms with Gasteiger partial charge in [0.05, 0.1) is 5.92 Å². The van der Waals surface area contributed by atoms with Gasteiger partial charge in [0.2, 0.25) is 11.8 Å².